The Hall–Kier alpha value is -2.09. The van der Waals surface area contributed by atoms with Gasteiger partial charge >= 0.3 is 0 Å². The summed E-state index contributed by atoms with van der Waals surface area (Å²) >= 11 is 0. The van der Waals surface area contributed by atoms with E-state index in [1.807, 2.05) is 36.4 Å². The first-order valence-electron chi connectivity index (χ1n) is 6.97. The average Bonchev–Trinajstić information content (AvgIpc) is 2.48. The monoisotopic (exact) mass is 266 g/mol. The Morgan fingerprint density at radius 3 is 2.55 bits per heavy atom. The number of fused-ring (bicyclic) bond motifs is 1. The van der Waals surface area contributed by atoms with Crippen LogP contribution in [-0.2, 0) is 6.42 Å². The Morgan fingerprint density at radius 2 is 1.85 bits per heavy atom. The maximum absolute atomic E-state index is 12.7. The maximum atomic E-state index is 12.7. The van der Waals surface area contributed by atoms with Crippen LogP contribution in [0.1, 0.15) is 39.4 Å². The number of ketones is 1. The largest absolute Gasteiger partial charge is 0.497 e. The molecule has 0 bridgehead atoms. The van der Waals surface area contributed by atoms with Gasteiger partial charge in [0.05, 0.1) is 7.11 Å². The average molecular weight is 266 g/mol. The summed E-state index contributed by atoms with van der Waals surface area (Å²) in [5, 5.41) is 0. The zero-order valence-electron chi connectivity index (χ0n) is 11.8. The van der Waals surface area contributed by atoms with Gasteiger partial charge in [0, 0.05) is 11.5 Å². The molecule has 1 aliphatic rings. The summed E-state index contributed by atoms with van der Waals surface area (Å²) < 4.78 is 5.17. The molecule has 0 aromatic heterocycles. The third-order valence-electron chi connectivity index (χ3n) is 4.06. The van der Waals surface area contributed by atoms with Crippen molar-refractivity contribution in [1.29, 1.82) is 0 Å². The van der Waals surface area contributed by atoms with Gasteiger partial charge in [-0.05, 0) is 43.0 Å². The van der Waals surface area contributed by atoms with E-state index in [0.717, 1.165) is 29.7 Å². The summed E-state index contributed by atoms with van der Waals surface area (Å²) in [5.74, 6) is 1.06. The van der Waals surface area contributed by atoms with Crippen LogP contribution in [0.15, 0.2) is 42.5 Å². The Labute approximate surface area is 119 Å². The lowest BCUT2D eigenvalue weighted by molar-refractivity contribution is 0.0946. The van der Waals surface area contributed by atoms with Crippen molar-refractivity contribution < 1.29 is 9.53 Å². The standard InChI is InChI=1S/C18H18O2/c1-12-3-9-17-14(11-12)6-10-16(18(17)19)13-4-7-15(20-2)8-5-13/h3-5,7-9,11,16H,6,10H2,1-2H3. The van der Waals surface area contributed by atoms with E-state index in [1.54, 1.807) is 7.11 Å². The van der Waals surface area contributed by atoms with E-state index in [-0.39, 0.29) is 11.7 Å². The van der Waals surface area contributed by atoms with E-state index in [0.29, 0.717) is 0 Å². The minimum absolute atomic E-state index is 0.0175. The van der Waals surface area contributed by atoms with Gasteiger partial charge < -0.3 is 4.74 Å². The first-order chi connectivity index (χ1) is 9.69. The van der Waals surface area contributed by atoms with Crippen molar-refractivity contribution in [2.45, 2.75) is 25.7 Å². The number of methoxy groups -OCH3 is 1. The van der Waals surface area contributed by atoms with E-state index in [9.17, 15) is 4.79 Å². The smallest absolute Gasteiger partial charge is 0.170 e. The zero-order valence-corrected chi connectivity index (χ0v) is 11.8. The highest BCUT2D eigenvalue weighted by molar-refractivity contribution is 6.03. The zero-order chi connectivity index (χ0) is 14.1. The number of Topliss-reactive ketones (excluding diaryl/α,β-unsaturated/α-hetero) is 1. The summed E-state index contributed by atoms with van der Waals surface area (Å²) in [6.45, 7) is 2.07. The highest BCUT2D eigenvalue weighted by atomic mass is 16.5. The van der Waals surface area contributed by atoms with E-state index in [1.165, 1.54) is 11.1 Å². The molecule has 0 N–H and O–H groups in total. The first kappa shape index (κ1) is 12.9. The minimum Gasteiger partial charge on any atom is -0.497 e. The quantitative estimate of drug-likeness (QED) is 0.823. The third kappa shape index (κ3) is 2.22. The second-order valence-corrected chi connectivity index (χ2v) is 5.39. The molecule has 0 radical (unpaired) electrons. The lowest BCUT2D eigenvalue weighted by Gasteiger charge is -2.24. The fraction of sp³-hybridized carbons (Fsp3) is 0.278. The summed E-state index contributed by atoms with van der Waals surface area (Å²) in [5.41, 5.74) is 4.39. The topological polar surface area (TPSA) is 26.3 Å². The molecule has 0 amide bonds. The van der Waals surface area contributed by atoms with E-state index >= 15 is 0 Å². The lowest BCUT2D eigenvalue weighted by atomic mass is 9.79. The van der Waals surface area contributed by atoms with Crippen LogP contribution in [-0.4, -0.2) is 12.9 Å². The number of hydrogen-bond acceptors (Lipinski definition) is 2. The number of ether oxygens (including phenoxy) is 1. The van der Waals surface area contributed by atoms with Crippen LogP contribution < -0.4 is 4.74 Å². The van der Waals surface area contributed by atoms with Gasteiger partial charge in [-0.25, -0.2) is 0 Å². The number of hydrogen-bond donors (Lipinski definition) is 0. The Kier molecular flexibility index (Phi) is 3.31. The van der Waals surface area contributed by atoms with Gasteiger partial charge in [0.2, 0.25) is 0 Å². The lowest BCUT2D eigenvalue weighted by Crippen LogP contribution is -2.21. The van der Waals surface area contributed by atoms with Crippen molar-refractivity contribution in [3.05, 3.63) is 64.7 Å². The number of carbonyl (C=O) groups excluding carboxylic acids is 1. The number of aryl methyl sites for hydroxylation is 2. The first-order valence-corrected chi connectivity index (χ1v) is 6.97. The van der Waals surface area contributed by atoms with Crippen molar-refractivity contribution in [2.24, 2.45) is 0 Å². The van der Waals surface area contributed by atoms with Crippen molar-refractivity contribution in [3.63, 3.8) is 0 Å². The van der Waals surface area contributed by atoms with E-state index in [4.69, 9.17) is 4.74 Å². The molecule has 0 aliphatic heterocycles. The van der Waals surface area contributed by atoms with Crippen molar-refractivity contribution >= 4 is 5.78 Å². The maximum Gasteiger partial charge on any atom is 0.170 e. The molecule has 2 aromatic carbocycles. The molecule has 0 saturated heterocycles. The molecule has 0 fully saturated rings. The Morgan fingerprint density at radius 1 is 1.10 bits per heavy atom. The van der Waals surface area contributed by atoms with Crippen molar-refractivity contribution in [2.75, 3.05) is 7.11 Å². The fourth-order valence-corrected chi connectivity index (χ4v) is 2.94. The predicted octanol–water partition coefficient (Wildman–Crippen LogP) is 3.92. The van der Waals surface area contributed by atoms with E-state index in [2.05, 4.69) is 13.0 Å². The SMILES string of the molecule is COc1ccc(C2CCc3cc(C)ccc3C2=O)cc1. The molecule has 0 heterocycles. The summed E-state index contributed by atoms with van der Waals surface area (Å²) in [7, 11) is 1.65. The van der Waals surface area contributed by atoms with Gasteiger partial charge in [-0.1, -0.05) is 35.9 Å². The number of carbonyl (C=O) groups is 1. The Bertz CT molecular complexity index is 641. The molecule has 1 aliphatic carbocycles. The molecular weight excluding hydrogens is 248 g/mol. The summed E-state index contributed by atoms with van der Waals surface area (Å²) in [4.78, 5) is 12.7. The number of rotatable bonds is 2. The second kappa shape index (κ2) is 5.12. The Balaban J connectivity index is 1.93. The van der Waals surface area contributed by atoms with Gasteiger partial charge in [-0.3, -0.25) is 4.79 Å². The van der Waals surface area contributed by atoms with Crippen LogP contribution in [0.3, 0.4) is 0 Å². The molecule has 3 rings (SSSR count). The van der Waals surface area contributed by atoms with Crippen LogP contribution >= 0.6 is 0 Å². The molecule has 0 saturated carbocycles. The minimum atomic E-state index is -0.0175. The normalized spacial score (nSPS) is 17.7. The molecule has 2 nitrogen and oxygen atoms in total. The summed E-state index contributed by atoms with van der Waals surface area (Å²) in [6.07, 6.45) is 1.86. The van der Waals surface area contributed by atoms with Gasteiger partial charge in [0.1, 0.15) is 5.75 Å². The number of benzene rings is 2. The fourth-order valence-electron chi connectivity index (χ4n) is 2.94. The molecule has 102 valence electrons. The molecular formula is C18H18O2. The second-order valence-electron chi connectivity index (χ2n) is 5.39. The molecule has 2 aromatic rings. The van der Waals surface area contributed by atoms with Crippen LogP contribution in [0, 0.1) is 6.92 Å². The molecule has 20 heavy (non-hydrogen) atoms. The van der Waals surface area contributed by atoms with Gasteiger partial charge in [0.25, 0.3) is 0 Å². The van der Waals surface area contributed by atoms with Gasteiger partial charge in [0.15, 0.2) is 5.78 Å². The van der Waals surface area contributed by atoms with Crippen LogP contribution in [0.4, 0.5) is 0 Å². The molecule has 1 unspecified atom stereocenters. The third-order valence-corrected chi connectivity index (χ3v) is 4.06. The predicted molar refractivity (Wildman–Crippen MR) is 79.6 cm³/mol. The van der Waals surface area contributed by atoms with Crippen molar-refractivity contribution in [1.82, 2.24) is 0 Å². The molecule has 2 heteroatoms. The van der Waals surface area contributed by atoms with E-state index < -0.39 is 0 Å². The summed E-state index contributed by atoms with van der Waals surface area (Å²) in [6, 6.07) is 14.0. The molecule has 1 atom stereocenters. The van der Waals surface area contributed by atoms with Crippen molar-refractivity contribution in [3.8, 4) is 5.75 Å². The highest BCUT2D eigenvalue weighted by Crippen LogP contribution is 2.33. The molecule has 0 spiro atoms. The van der Waals surface area contributed by atoms with Crippen LogP contribution in [0.5, 0.6) is 5.75 Å². The van der Waals surface area contributed by atoms with Gasteiger partial charge in [-0.15, -0.1) is 0 Å². The highest BCUT2D eigenvalue weighted by Gasteiger charge is 2.28. The van der Waals surface area contributed by atoms with Gasteiger partial charge in [-0.2, -0.15) is 0 Å². The van der Waals surface area contributed by atoms with Crippen LogP contribution in [0.2, 0.25) is 0 Å². The van der Waals surface area contributed by atoms with Crippen LogP contribution in [0.25, 0.3) is 0 Å².